The van der Waals surface area contributed by atoms with Gasteiger partial charge >= 0.3 is 0 Å². The lowest BCUT2D eigenvalue weighted by atomic mass is 10.0. The molecule has 0 saturated carbocycles. The summed E-state index contributed by atoms with van der Waals surface area (Å²) in [6.07, 6.45) is -0.132. The lowest BCUT2D eigenvalue weighted by Gasteiger charge is -2.04. The number of carbonyl (C=O) groups is 1. The highest BCUT2D eigenvalue weighted by Gasteiger charge is 2.11. The molecule has 0 bridgehead atoms. The first kappa shape index (κ1) is 12.4. The molecule has 0 aliphatic rings. The molecule has 0 spiro atoms. The minimum atomic E-state index is -0.558. The Kier molecular flexibility index (Phi) is 3.51. The van der Waals surface area contributed by atoms with Crippen molar-refractivity contribution in [3.8, 4) is 0 Å². The van der Waals surface area contributed by atoms with Gasteiger partial charge in [0.1, 0.15) is 11.6 Å². The Morgan fingerprint density at radius 1 is 1.06 bits per heavy atom. The Labute approximate surface area is 104 Å². The molecule has 1 nitrogen and oxygen atoms in total. The van der Waals surface area contributed by atoms with E-state index >= 15 is 0 Å². The van der Waals surface area contributed by atoms with Crippen LogP contribution in [0.5, 0.6) is 0 Å². The maximum absolute atomic E-state index is 13.4. The van der Waals surface area contributed by atoms with E-state index in [9.17, 15) is 13.6 Å². The zero-order valence-corrected chi connectivity index (χ0v) is 9.91. The van der Waals surface area contributed by atoms with Gasteiger partial charge in [0.15, 0.2) is 5.78 Å². The van der Waals surface area contributed by atoms with Gasteiger partial charge in [-0.15, -0.1) is 0 Å². The number of hydrogen-bond acceptors (Lipinski definition) is 1. The topological polar surface area (TPSA) is 17.1 Å². The van der Waals surface area contributed by atoms with Gasteiger partial charge in [0.2, 0.25) is 0 Å². The van der Waals surface area contributed by atoms with Crippen LogP contribution in [0.2, 0.25) is 0 Å². The van der Waals surface area contributed by atoms with Gasteiger partial charge in [0.25, 0.3) is 0 Å². The van der Waals surface area contributed by atoms with Crippen LogP contribution in [0.25, 0.3) is 0 Å². The largest absolute Gasteiger partial charge is 0.294 e. The minimum Gasteiger partial charge on any atom is -0.294 e. The van der Waals surface area contributed by atoms with Crippen LogP contribution in [-0.4, -0.2) is 5.78 Å². The highest BCUT2D eigenvalue weighted by Crippen LogP contribution is 2.13. The molecule has 0 aliphatic heterocycles. The van der Waals surface area contributed by atoms with Gasteiger partial charge in [0.05, 0.1) is 0 Å². The maximum atomic E-state index is 13.4. The Bertz CT molecular complexity index is 574. The molecule has 2 rings (SSSR count). The van der Waals surface area contributed by atoms with E-state index in [1.165, 1.54) is 0 Å². The van der Waals surface area contributed by atoms with Crippen molar-refractivity contribution >= 4 is 5.78 Å². The van der Waals surface area contributed by atoms with E-state index < -0.39 is 11.6 Å². The number of rotatable bonds is 3. The summed E-state index contributed by atoms with van der Waals surface area (Å²) in [6, 6.07) is 10.1. The fraction of sp³-hybridized carbons (Fsp3) is 0.133. The van der Waals surface area contributed by atoms with Crippen LogP contribution in [0.4, 0.5) is 8.78 Å². The molecule has 2 aromatic carbocycles. The molecule has 0 radical (unpaired) electrons. The molecule has 0 amide bonds. The summed E-state index contributed by atoms with van der Waals surface area (Å²) in [6.45, 7) is 1.92. The van der Waals surface area contributed by atoms with E-state index in [1.807, 2.05) is 19.1 Å². The van der Waals surface area contributed by atoms with Crippen LogP contribution in [-0.2, 0) is 6.42 Å². The molecule has 0 aliphatic carbocycles. The molecular weight excluding hydrogens is 234 g/mol. The van der Waals surface area contributed by atoms with Crippen molar-refractivity contribution in [2.75, 3.05) is 0 Å². The van der Waals surface area contributed by atoms with Gasteiger partial charge in [-0.3, -0.25) is 4.79 Å². The molecule has 92 valence electrons. The predicted octanol–water partition coefficient (Wildman–Crippen LogP) is 3.70. The summed E-state index contributed by atoms with van der Waals surface area (Å²) < 4.78 is 26.4. The first-order valence-corrected chi connectivity index (χ1v) is 5.60. The lowest BCUT2D eigenvalue weighted by molar-refractivity contribution is 0.0992. The Morgan fingerprint density at radius 2 is 1.72 bits per heavy atom. The number of benzene rings is 2. The molecule has 18 heavy (non-hydrogen) atoms. The summed E-state index contributed by atoms with van der Waals surface area (Å²) >= 11 is 0. The van der Waals surface area contributed by atoms with E-state index in [0.717, 1.165) is 23.8 Å². The average molecular weight is 246 g/mol. The second kappa shape index (κ2) is 5.08. The van der Waals surface area contributed by atoms with Gasteiger partial charge in [0, 0.05) is 12.0 Å². The van der Waals surface area contributed by atoms with Crippen LogP contribution in [0, 0.1) is 18.6 Å². The molecular formula is C15H12F2O. The number of Topliss-reactive ketones (excluding diaryl/α,β-unsaturated/α-hetero) is 1. The maximum Gasteiger partial charge on any atom is 0.167 e. The zero-order valence-electron chi connectivity index (χ0n) is 9.91. The van der Waals surface area contributed by atoms with Crippen LogP contribution in [0.3, 0.4) is 0 Å². The third kappa shape index (κ3) is 2.80. The summed E-state index contributed by atoms with van der Waals surface area (Å²) in [5, 5.41) is 0. The van der Waals surface area contributed by atoms with Gasteiger partial charge in [-0.05, 0) is 30.7 Å². The third-order valence-electron chi connectivity index (χ3n) is 2.73. The van der Waals surface area contributed by atoms with E-state index in [2.05, 4.69) is 0 Å². The van der Waals surface area contributed by atoms with Crippen molar-refractivity contribution in [2.45, 2.75) is 13.3 Å². The summed E-state index contributed by atoms with van der Waals surface area (Å²) in [7, 11) is 0. The van der Waals surface area contributed by atoms with E-state index in [-0.39, 0.29) is 17.8 Å². The van der Waals surface area contributed by atoms with E-state index in [4.69, 9.17) is 0 Å². The Hall–Kier alpha value is -2.03. The number of ketones is 1. The number of aryl methyl sites for hydroxylation is 1. The Morgan fingerprint density at radius 3 is 2.39 bits per heavy atom. The monoisotopic (exact) mass is 246 g/mol. The Balaban J connectivity index is 2.21. The van der Waals surface area contributed by atoms with Crippen molar-refractivity contribution in [3.05, 3.63) is 70.8 Å². The fourth-order valence-electron chi connectivity index (χ4n) is 1.69. The van der Waals surface area contributed by atoms with Crippen molar-refractivity contribution in [1.29, 1.82) is 0 Å². The molecule has 0 fully saturated rings. The van der Waals surface area contributed by atoms with Gasteiger partial charge in [-0.25, -0.2) is 8.78 Å². The van der Waals surface area contributed by atoms with Gasteiger partial charge in [-0.1, -0.05) is 29.8 Å². The van der Waals surface area contributed by atoms with Crippen LogP contribution >= 0.6 is 0 Å². The second-order valence-electron chi connectivity index (χ2n) is 4.20. The fourth-order valence-corrected chi connectivity index (χ4v) is 1.69. The van der Waals surface area contributed by atoms with Crippen LogP contribution in [0.15, 0.2) is 42.5 Å². The van der Waals surface area contributed by atoms with Crippen molar-refractivity contribution in [1.82, 2.24) is 0 Å². The zero-order chi connectivity index (χ0) is 13.1. The molecule has 0 N–H and O–H groups in total. The van der Waals surface area contributed by atoms with Crippen molar-refractivity contribution in [2.24, 2.45) is 0 Å². The third-order valence-corrected chi connectivity index (χ3v) is 2.73. The van der Waals surface area contributed by atoms with Crippen LogP contribution < -0.4 is 0 Å². The van der Waals surface area contributed by atoms with E-state index in [1.54, 1.807) is 12.1 Å². The standard InChI is InChI=1S/C15H12F2O/c1-10-2-4-11(5-3-10)15(18)9-12-8-13(16)6-7-14(12)17/h2-8H,9H2,1H3. The van der Waals surface area contributed by atoms with Crippen LogP contribution in [0.1, 0.15) is 21.5 Å². The SMILES string of the molecule is Cc1ccc(C(=O)Cc2cc(F)ccc2F)cc1. The molecule has 0 unspecified atom stereocenters. The molecule has 0 saturated heterocycles. The molecule has 2 aromatic rings. The second-order valence-corrected chi connectivity index (χ2v) is 4.20. The van der Waals surface area contributed by atoms with Crippen molar-refractivity contribution in [3.63, 3.8) is 0 Å². The number of halogens is 2. The highest BCUT2D eigenvalue weighted by atomic mass is 19.1. The molecule has 0 aromatic heterocycles. The summed E-state index contributed by atoms with van der Waals surface area (Å²) in [5.41, 5.74) is 1.63. The number of hydrogen-bond donors (Lipinski definition) is 0. The molecule has 0 heterocycles. The molecule has 3 heteroatoms. The van der Waals surface area contributed by atoms with Gasteiger partial charge in [-0.2, -0.15) is 0 Å². The average Bonchev–Trinajstić information content (AvgIpc) is 2.34. The normalized spacial score (nSPS) is 10.4. The molecule has 0 atom stereocenters. The first-order valence-electron chi connectivity index (χ1n) is 5.60. The van der Waals surface area contributed by atoms with Gasteiger partial charge < -0.3 is 0 Å². The number of carbonyl (C=O) groups excluding carboxylic acids is 1. The summed E-state index contributed by atoms with van der Waals surface area (Å²) in [5.74, 6) is -1.32. The predicted molar refractivity (Wildman–Crippen MR) is 65.6 cm³/mol. The smallest absolute Gasteiger partial charge is 0.167 e. The van der Waals surface area contributed by atoms with Crippen molar-refractivity contribution < 1.29 is 13.6 Å². The highest BCUT2D eigenvalue weighted by molar-refractivity contribution is 5.97. The minimum absolute atomic E-state index is 0.0839. The van der Waals surface area contributed by atoms with E-state index in [0.29, 0.717) is 5.56 Å². The summed E-state index contributed by atoms with van der Waals surface area (Å²) in [4.78, 5) is 11.9. The first-order chi connectivity index (χ1) is 8.56. The quantitative estimate of drug-likeness (QED) is 0.755. The lowest BCUT2D eigenvalue weighted by Crippen LogP contribution is -2.05.